The Morgan fingerprint density at radius 2 is 1.90 bits per heavy atom. The summed E-state index contributed by atoms with van der Waals surface area (Å²) >= 11 is 0. The third-order valence-corrected chi connectivity index (χ3v) is 4.38. The van der Waals surface area contributed by atoms with E-state index in [1.54, 1.807) is 30.1 Å². The van der Waals surface area contributed by atoms with E-state index in [4.69, 9.17) is 0 Å². The van der Waals surface area contributed by atoms with Crippen LogP contribution < -0.4 is 10.6 Å². The van der Waals surface area contributed by atoms with Crippen LogP contribution in [0.15, 0.2) is 55.0 Å². The number of fused-ring (bicyclic) bond motifs is 1. The van der Waals surface area contributed by atoms with E-state index in [0.717, 1.165) is 16.6 Å². The fourth-order valence-electron chi connectivity index (χ4n) is 2.85. The zero-order valence-corrected chi connectivity index (χ0v) is 16.2. The lowest BCUT2D eigenvalue weighted by atomic mass is 10.1. The van der Waals surface area contributed by atoms with Crippen molar-refractivity contribution in [3.63, 3.8) is 0 Å². The molecule has 2 N–H and O–H groups in total. The molecule has 0 spiro atoms. The quantitative estimate of drug-likeness (QED) is 0.506. The van der Waals surface area contributed by atoms with Crippen molar-refractivity contribution < 1.29 is 18.0 Å². The molecule has 0 saturated carbocycles. The number of halogens is 3. The number of aryl methyl sites for hydroxylation is 1. The minimum Gasteiger partial charge on any atom is -0.343 e. The van der Waals surface area contributed by atoms with Gasteiger partial charge in [-0.15, -0.1) is 5.10 Å². The molecule has 0 aliphatic carbocycles. The molecule has 0 atom stereocenters. The van der Waals surface area contributed by atoms with Crippen LogP contribution in [0.5, 0.6) is 0 Å². The Balaban J connectivity index is 1.49. The highest BCUT2D eigenvalue weighted by atomic mass is 19.4. The number of nitrogens with one attached hydrogen (secondary N) is 2. The fourth-order valence-corrected chi connectivity index (χ4v) is 2.85. The first-order valence-electron chi connectivity index (χ1n) is 9.12. The molecule has 0 radical (unpaired) electrons. The average molecular weight is 427 g/mol. The largest absolute Gasteiger partial charge is 0.405 e. The molecule has 0 fully saturated rings. The average Bonchev–Trinajstić information content (AvgIpc) is 3.11. The predicted molar refractivity (Wildman–Crippen MR) is 108 cm³/mol. The summed E-state index contributed by atoms with van der Waals surface area (Å²) in [6.45, 7) is -1.38. The minimum atomic E-state index is -4.46. The number of nitrogens with zero attached hydrogens (tertiary/aromatic N) is 5. The minimum absolute atomic E-state index is 0.112. The second kappa shape index (κ2) is 8.01. The molecular weight excluding hydrogens is 411 g/mol. The molecule has 2 heterocycles. The molecule has 2 aromatic carbocycles. The smallest absolute Gasteiger partial charge is 0.343 e. The topological polar surface area (TPSA) is 97.6 Å². The van der Waals surface area contributed by atoms with Crippen LogP contribution in [0.25, 0.3) is 22.3 Å². The van der Waals surface area contributed by atoms with Crippen LogP contribution in [0.3, 0.4) is 0 Å². The Bertz CT molecular complexity index is 1240. The van der Waals surface area contributed by atoms with Gasteiger partial charge in [-0.2, -0.15) is 18.2 Å². The summed E-state index contributed by atoms with van der Waals surface area (Å²) in [4.78, 5) is 24.5. The van der Waals surface area contributed by atoms with Gasteiger partial charge in [-0.05, 0) is 30.3 Å². The number of hydrogen-bond donors (Lipinski definition) is 2. The van der Waals surface area contributed by atoms with Crippen molar-refractivity contribution in [2.75, 3.05) is 11.9 Å². The van der Waals surface area contributed by atoms with Gasteiger partial charge in [-0.1, -0.05) is 12.1 Å². The number of amides is 1. The highest BCUT2D eigenvalue weighted by Crippen LogP contribution is 2.23. The molecule has 4 rings (SSSR count). The number of alkyl halides is 3. The Morgan fingerprint density at radius 1 is 1.13 bits per heavy atom. The van der Waals surface area contributed by atoms with E-state index in [1.807, 2.05) is 23.5 Å². The van der Waals surface area contributed by atoms with E-state index in [2.05, 4.69) is 25.4 Å². The molecule has 1 amide bonds. The fraction of sp³-hybridized carbons (Fsp3) is 0.150. The molecular formula is C20H16F3N7O. The number of hydrogen-bond acceptors (Lipinski definition) is 6. The van der Waals surface area contributed by atoms with Gasteiger partial charge in [0.15, 0.2) is 5.82 Å². The van der Waals surface area contributed by atoms with Crippen LogP contribution in [0.2, 0.25) is 0 Å². The Labute approximate surface area is 174 Å². The maximum Gasteiger partial charge on any atom is 0.405 e. The van der Waals surface area contributed by atoms with Crippen LogP contribution in [0.1, 0.15) is 10.4 Å². The zero-order valence-electron chi connectivity index (χ0n) is 16.2. The first kappa shape index (κ1) is 20.3. The number of aromatic nitrogens is 5. The van der Waals surface area contributed by atoms with Crippen LogP contribution in [-0.2, 0) is 7.05 Å². The molecule has 0 aliphatic heterocycles. The summed E-state index contributed by atoms with van der Waals surface area (Å²) in [5.74, 6) is 0.0751. The summed E-state index contributed by atoms with van der Waals surface area (Å²) in [7, 11) is 1.72. The van der Waals surface area contributed by atoms with E-state index in [0.29, 0.717) is 17.3 Å². The standard InChI is InChI=1S/C20H16F3N7O/c1-30-19(27-15-7-6-14-9-24-11-26-16(14)8-15)28-17(29-30)12-2-4-13(5-3-12)18(31)25-10-20(21,22)23/h2-9,11H,10H2,1H3,(H,25,31)(H,27,28,29). The van der Waals surface area contributed by atoms with Gasteiger partial charge in [-0.3, -0.25) is 4.79 Å². The third-order valence-electron chi connectivity index (χ3n) is 4.38. The number of benzene rings is 2. The van der Waals surface area contributed by atoms with Crippen molar-refractivity contribution in [1.82, 2.24) is 30.0 Å². The summed E-state index contributed by atoms with van der Waals surface area (Å²) in [6, 6.07) is 11.6. The molecule has 0 unspecified atom stereocenters. The second-order valence-electron chi connectivity index (χ2n) is 6.68. The second-order valence-corrected chi connectivity index (χ2v) is 6.68. The normalized spacial score (nSPS) is 11.5. The SMILES string of the molecule is Cn1nc(-c2ccc(C(=O)NCC(F)(F)F)cc2)nc1Nc1ccc2cncnc2c1. The number of carbonyl (C=O) groups is 1. The first-order valence-corrected chi connectivity index (χ1v) is 9.12. The molecule has 4 aromatic rings. The van der Waals surface area contributed by atoms with Crippen LogP contribution in [0, 0.1) is 0 Å². The molecule has 0 saturated heterocycles. The van der Waals surface area contributed by atoms with Gasteiger partial charge in [0.25, 0.3) is 5.91 Å². The predicted octanol–water partition coefficient (Wildman–Crippen LogP) is 3.46. The molecule has 8 nitrogen and oxygen atoms in total. The Morgan fingerprint density at radius 3 is 2.65 bits per heavy atom. The van der Waals surface area contributed by atoms with Gasteiger partial charge in [0.1, 0.15) is 12.9 Å². The summed E-state index contributed by atoms with van der Waals surface area (Å²) in [5, 5.41) is 10.3. The number of carbonyl (C=O) groups excluding carboxylic acids is 1. The highest BCUT2D eigenvalue weighted by Gasteiger charge is 2.27. The van der Waals surface area contributed by atoms with Crippen molar-refractivity contribution >= 4 is 28.4 Å². The van der Waals surface area contributed by atoms with Crippen molar-refractivity contribution in [3.05, 3.63) is 60.6 Å². The van der Waals surface area contributed by atoms with Crippen LogP contribution >= 0.6 is 0 Å². The molecule has 158 valence electrons. The van der Waals surface area contributed by atoms with Crippen molar-refractivity contribution in [2.45, 2.75) is 6.18 Å². The van der Waals surface area contributed by atoms with Crippen molar-refractivity contribution in [2.24, 2.45) is 7.05 Å². The van der Waals surface area contributed by atoms with Gasteiger partial charge in [0, 0.05) is 35.4 Å². The molecule has 2 aromatic heterocycles. The van der Waals surface area contributed by atoms with Gasteiger partial charge in [0.2, 0.25) is 5.95 Å². The summed E-state index contributed by atoms with van der Waals surface area (Å²) in [5.41, 5.74) is 2.27. The molecule has 11 heteroatoms. The summed E-state index contributed by atoms with van der Waals surface area (Å²) < 4.78 is 38.3. The maximum atomic E-state index is 12.2. The van der Waals surface area contributed by atoms with E-state index >= 15 is 0 Å². The highest BCUT2D eigenvalue weighted by molar-refractivity contribution is 5.94. The van der Waals surface area contributed by atoms with Gasteiger partial charge >= 0.3 is 6.18 Å². The van der Waals surface area contributed by atoms with Crippen LogP contribution in [0.4, 0.5) is 24.8 Å². The Hall–Kier alpha value is -4.02. The maximum absolute atomic E-state index is 12.2. The monoisotopic (exact) mass is 427 g/mol. The Kier molecular flexibility index (Phi) is 5.24. The molecule has 0 bridgehead atoms. The van der Waals surface area contributed by atoms with E-state index in [9.17, 15) is 18.0 Å². The van der Waals surface area contributed by atoms with Crippen LogP contribution in [-0.4, -0.2) is 43.4 Å². The summed E-state index contributed by atoms with van der Waals surface area (Å²) in [6.07, 6.45) is -1.27. The first-order chi connectivity index (χ1) is 14.8. The lowest BCUT2D eigenvalue weighted by Crippen LogP contribution is -2.33. The van der Waals surface area contributed by atoms with E-state index < -0.39 is 18.6 Å². The van der Waals surface area contributed by atoms with Crippen molar-refractivity contribution in [1.29, 1.82) is 0 Å². The lowest BCUT2D eigenvalue weighted by molar-refractivity contribution is -0.123. The van der Waals surface area contributed by atoms with E-state index in [-0.39, 0.29) is 5.56 Å². The zero-order chi connectivity index (χ0) is 22.0. The number of anilines is 2. The molecule has 0 aliphatic rings. The lowest BCUT2D eigenvalue weighted by Gasteiger charge is -2.08. The van der Waals surface area contributed by atoms with Gasteiger partial charge in [-0.25, -0.2) is 14.6 Å². The van der Waals surface area contributed by atoms with Crippen molar-refractivity contribution in [3.8, 4) is 11.4 Å². The van der Waals surface area contributed by atoms with Gasteiger partial charge in [0.05, 0.1) is 5.52 Å². The number of rotatable bonds is 5. The molecule has 31 heavy (non-hydrogen) atoms. The van der Waals surface area contributed by atoms with E-state index in [1.165, 1.54) is 18.5 Å². The third kappa shape index (κ3) is 4.77. The van der Waals surface area contributed by atoms with Gasteiger partial charge < -0.3 is 10.6 Å².